The van der Waals surface area contributed by atoms with Crippen LogP contribution in [-0.4, -0.2) is 32.5 Å². The molecule has 2 aromatic heterocycles. The molecule has 0 bridgehead atoms. The fourth-order valence-electron chi connectivity index (χ4n) is 3.37. The van der Waals surface area contributed by atoms with E-state index in [2.05, 4.69) is 26.5 Å². The smallest absolute Gasteiger partial charge is 0.226 e. The molecule has 1 N–H and O–H groups in total. The molecule has 0 fully saturated rings. The highest BCUT2D eigenvalue weighted by Crippen LogP contribution is 2.40. The first-order valence-electron chi connectivity index (χ1n) is 8.62. The number of benzene rings is 1. The number of hydrogen-bond acceptors (Lipinski definition) is 5. The van der Waals surface area contributed by atoms with E-state index in [0.717, 1.165) is 16.8 Å². The van der Waals surface area contributed by atoms with Gasteiger partial charge in [0, 0.05) is 17.9 Å². The first-order chi connectivity index (χ1) is 13.6. The fraction of sp³-hybridized carbons (Fsp3) is 0.200. The summed E-state index contributed by atoms with van der Waals surface area (Å²) in [5, 5.41) is 15.7. The predicted octanol–water partition coefficient (Wildman–Crippen LogP) is 3.11. The maximum Gasteiger partial charge on any atom is 0.226 e. The highest BCUT2D eigenvalue weighted by Gasteiger charge is 2.33. The zero-order valence-corrected chi connectivity index (χ0v) is 15.8. The van der Waals surface area contributed by atoms with E-state index < -0.39 is 0 Å². The van der Waals surface area contributed by atoms with E-state index in [1.165, 1.54) is 0 Å². The SMILES string of the molecule is C#CCOc1cccc(C2CC(=O)Nc3c2c(C)nn3-c2ccc(Cl)nn2)c1. The molecule has 3 aromatic rings. The average molecular weight is 394 g/mol. The average Bonchev–Trinajstić information content (AvgIpc) is 3.03. The van der Waals surface area contributed by atoms with Crippen LogP contribution in [0, 0.1) is 19.3 Å². The van der Waals surface area contributed by atoms with Crippen LogP contribution in [0.3, 0.4) is 0 Å². The van der Waals surface area contributed by atoms with Crippen LogP contribution in [0.4, 0.5) is 5.82 Å². The summed E-state index contributed by atoms with van der Waals surface area (Å²) < 4.78 is 7.11. The molecule has 0 saturated heterocycles. The number of terminal acetylenes is 1. The van der Waals surface area contributed by atoms with Crippen molar-refractivity contribution in [3.63, 3.8) is 0 Å². The lowest BCUT2D eigenvalue weighted by Gasteiger charge is -2.24. The number of anilines is 1. The van der Waals surface area contributed by atoms with E-state index >= 15 is 0 Å². The van der Waals surface area contributed by atoms with Gasteiger partial charge in [-0.25, -0.2) is 0 Å². The van der Waals surface area contributed by atoms with Gasteiger partial charge in [-0.1, -0.05) is 29.7 Å². The summed E-state index contributed by atoms with van der Waals surface area (Å²) in [6.07, 6.45) is 5.58. The first kappa shape index (κ1) is 18.0. The van der Waals surface area contributed by atoms with E-state index in [1.54, 1.807) is 16.8 Å². The monoisotopic (exact) mass is 393 g/mol. The molecule has 7 nitrogen and oxygen atoms in total. The molecule has 4 rings (SSSR count). The molecular weight excluding hydrogens is 378 g/mol. The van der Waals surface area contributed by atoms with Gasteiger partial charge in [-0.15, -0.1) is 16.6 Å². The Morgan fingerprint density at radius 2 is 2.21 bits per heavy atom. The molecule has 1 unspecified atom stereocenters. The lowest BCUT2D eigenvalue weighted by atomic mass is 9.86. The summed E-state index contributed by atoms with van der Waals surface area (Å²) in [4.78, 5) is 12.4. The molecule has 8 heteroatoms. The number of amides is 1. The zero-order chi connectivity index (χ0) is 19.7. The second-order valence-corrected chi connectivity index (χ2v) is 6.73. The number of aryl methyl sites for hydroxylation is 1. The molecule has 140 valence electrons. The van der Waals surface area contributed by atoms with Crippen LogP contribution in [0.5, 0.6) is 5.75 Å². The molecule has 0 spiro atoms. The minimum absolute atomic E-state index is 0.101. The maximum absolute atomic E-state index is 12.4. The number of carbonyl (C=O) groups excluding carboxylic acids is 1. The second-order valence-electron chi connectivity index (χ2n) is 6.34. The Balaban J connectivity index is 1.79. The quantitative estimate of drug-likeness (QED) is 0.689. The van der Waals surface area contributed by atoms with Gasteiger partial charge in [-0.3, -0.25) is 4.79 Å². The second kappa shape index (κ2) is 7.33. The van der Waals surface area contributed by atoms with Gasteiger partial charge in [0.15, 0.2) is 11.0 Å². The number of rotatable bonds is 4. The number of halogens is 1. The summed E-state index contributed by atoms with van der Waals surface area (Å²) in [5.74, 6) is 3.91. The van der Waals surface area contributed by atoms with Crippen LogP contribution in [0.1, 0.15) is 29.2 Å². The van der Waals surface area contributed by atoms with Crippen molar-refractivity contribution in [3.05, 3.63) is 58.4 Å². The molecule has 1 amide bonds. The van der Waals surface area contributed by atoms with E-state index in [1.807, 2.05) is 31.2 Å². The number of fused-ring (bicyclic) bond motifs is 1. The van der Waals surface area contributed by atoms with Crippen LogP contribution < -0.4 is 10.1 Å². The minimum atomic E-state index is -0.160. The highest BCUT2D eigenvalue weighted by atomic mass is 35.5. The molecule has 0 saturated carbocycles. The third kappa shape index (κ3) is 3.30. The van der Waals surface area contributed by atoms with Gasteiger partial charge in [0.2, 0.25) is 5.91 Å². The summed E-state index contributed by atoms with van der Waals surface area (Å²) in [7, 11) is 0. The highest BCUT2D eigenvalue weighted by molar-refractivity contribution is 6.29. The molecule has 0 aliphatic carbocycles. The van der Waals surface area contributed by atoms with Crippen LogP contribution in [0.2, 0.25) is 5.15 Å². The molecular formula is C20H16ClN5O2. The van der Waals surface area contributed by atoms with Crippen molar-refractivity contribution >= 4 is 23.3 Å². The van der Waals surface area contributed by atoms with E-state index in [9.17, 15) is 4.79 Å². The Bertz CT molecular complexity index is 1080. The number of hydrogen-bond donors (Lipinski definition) is 1. The first-order valence-corrected chi connectivity index (χ1v) is 9.00. The number of nitrogens with one attached hydrogen (secondary N) is 1. The molecule has 1 atom stereocenters. The molecule has 0 radical (unpaired) electrons. The van der Waals surface area contributed by atoms with E-state index in [4.69, 9.17) is 22.8 Å². The largest absolute Gasteiger partial charge is 0.481 e. The predicted molar refractivity (Wildman–Crippen MR) is 105 cm³/mol. The molecule has 1 aliphatic rings. The molecule has 28 heavy (non-hydrogen) atoms. The molecule has 1 aromatic carbocycles. The van der Waals surface area contributed by atoms with Gasteiger partial charge in [0.25, 0.3) is 0 Å². The normalized spacial score (nSPS) is 15.5. The van der Waals surface area contributed by atoms with Gasteiger partial charge in [-0.2, -0.15) is 9.78 Å². The molecule has 1 aliphatic heterocycles. The summed E-state index contributed by atoms with van der Waals surface area (Å²) in [5.41, 5.74) is 2.69. The topological polar surface area (TPSA) is 81.9 Å². The number of aromatic nitrogens is 4. The third-order valence-electron chi connectivity index (χ3n) is 4.52. The van der Waals surface area contributed by atoms with Gasteiger partial charge < -0.3 is 10.1 Å². The Labute approximate surface area is 166 Å². The lowest BCUT2D eigenvalue weighted by molar-refractivity contribution is -0.116. The number of nitrogens with zero attached hydrogens (tertiary/aromatic N) is 4. The van der Waals surface area contributed by atoms with Crippen molar-refractivity contribution in [3.8, 4) is 23.9 Å². The Hall–Kier alpha value is -3.37. The Morgan fingerprint density at radius 1 is 1.36 bits per heavy atom. The Morgan fingerprint density at radius 3 is 2.96 bits per heavy atom. The van der Waals surface area contributed by atoms with Crippen LogP contribution in [0.15, 0.2) is 36.4 Å². The van der Waals surface area contributed by atoms with Crippen LogP contribution in [0.25, 0.3) is 5.82 Å². The Kier molecular flexibility index (Phi) is 4.72. The van der Waals surface area contributed by atoms with Gasteiger partial charge in [-0.05, 0) is 36.8 Å². The van der Waals surface area contributed by atoms with E-state index in [0.29, 0.717) is 23.8 Å². The van der Waals surface area contributed by atoms with Crippen molar-refractivity contribution in [2.75, 3.05) is 11.9 Å². The van der Waals surface area contributed by atoms with Crippen molar-refractivity contribution in [2.24, 2.45) is 0 Å². The fourth-order valence-corrected chi connectivity index (χ4v) is 3.47. The van der Waals surface area contributed by atoms with Gasteiger partial charge >= 0.3 is 0 Å². The van der Waals surface area contributed by atoms with Crippen molar-refractivity contribution in [2.45, 2.75) is 19.3 Å². The lowest BCUT2D eigenvalue weighted by Crippen LogP contribution is -2.25. The van der Waals surface area contributed by atoms with E-state index in [-0.39, 0.29) is 23.6 Å². The van der Waals surface area contributed by atoms with Crippen LogP contribution in [-0.2, 0) is 4.79 Å². The van der Waals surface area contributed by atoms with Crippen molar-refractivity contribution < 1.29 is 9.53 Å². The standard InChI is InChI=1S/C20H16ClN5O2/c1-3-9-28-14-6-4-5-13(10-14)15-11-18(27)22-20-19(15)12(2)25-26(20)17-8-7-16(21)23-24-17/h1,4-8,10,15H,9,11H2,2H3,(H,22,27). The molecule has 3 heterocycles. The van der Waals surface area contributed by atoms with Crippen molar-refractivity contribution in [1.82, 2.24) is 20.0 Å². The zero-order valence-electron chi connectivity index (χ0n) is 15.0. The van der Waals surface area contributed by atoms with Crippen LogP contribution >= 0.6 is 11.6 Å². The summed E-state index contributed by atoms with van der Waals surface area (Å²) in [6, 6.07) is 10.9. The van der Waals surface area contributed by atoms with Crippen molar-refractivity contribution in [1.29, 1.82) is 0 Å². The summed E-state index contributed by atoms with van der Waals surface area (Å²) >= 11 is 5.83. The number of ether oxygens (including phenoxy) is 1. The third-order valence-corrected chi connectivity index (χ3v) is 4.72. The summed E-state index contributed by atoms with van der Waals surface area (Å²) in [6.45, 7) is 2.09. The van der Waals surface area contributed by atoms with Gasteiger partial charge in [0.05, 0.1) is 5.69 Å². The minimum Gasteiger partial charge on any atom is -0.481 e. The van der Waals surface area contributed by atoms with Gasteiger partial charge in [0.1, 0.15) is 18.2 Å². The maximum atomic E-state index is 12.4. The number of carbonyl (C=O) groups is 1.